The summed E-state index contributed by atoms with van der Waals surface area (Å²) >= 11 is 0. The molecule has 0 spiro atoms. The number of carbonyl (C=O) groups is 1. The van der Waals surface area contributed by atoms with Gasteiger partial charge in [0.2, 0.25) is 0 Å². The summed E-state index contributed by atoms with van der Waals surface area (Å²) in [4.78, 5) is 13.1. The summed E-state index contributed by atoms with van der Waals surface area (Å²) in [5, 5.41) is 12.0. The summed E-state index contributed by atoms with van der Waals surface area (Å²) in [7, 11) is -5.84. The van der Waals surface area contributed by atoms with Gasteiger partial charge in [-0.05, 0) is 45.6 Å². The maximum atomic E-state index is 14.0. The van der Waals surface area contributed by atoms with Gasteiger partial charge in [0.25, 0.3) is 19.1 Å². The summed E-state index contributed by atoms with van der Waals surface area (Å²) in [6.07, 6.45) is -0.835. The van der Waals surface area contributed by atoms with Crippen LogP contribution in [0.1, 0.15) is 49.3 Å². The van der Waals surface area contributed by atoms with Crippen molar-refractivity contribution in [3.8, 4) is 6.07 Å². The highest BCUT2D eigenvalue weighted by molar-refractivity contribution is 7.90. The van der Waals surface area contributed by atoms with E-state index in [4.69, 9.17) is 4.43 Å². The molecule has 1 heterocycles. The predicted octanol–water partition coefficient (Wildman–Crippen LogP) is 5.88. The fraction of sp³-hybridized carbons (Fsp3) is 0.176. The maximum absolute atomic E-state index is 14.0. The van der Waals surface area contributed by atoms with Crippen molar-refractivity contribution in [2.45, 2.75) is 38.2 Å². The molecular formula is C34H31N2O4SSi. The Hall–Kier alpha value is -4.29. The van der Waals surface area contributed by atoms with E-state index < -0.39 is 37.4 Å². The van der Waals surface area contributed by atoms with Crippen LogP contribution in [0.3, 0.4) is 0 Å². The molecule has 211 valence electrons. The minimum atomic E-state index is -4.15. The quantitative estimate of drug-likeness (QED) is 0.158. The first-order valence-corrected chi connectivity index (χ1v) is 16.5. The molecule has 0 aliphatic carbocycles. The molecule has 1 unspecified atom stereocenters. The van der Waals surface area contributed by atoms with Gasteiger partial charge in [-0.3, -0.25) is 4.79 Å². The molecule has 1 aromatic heterocycles. The van der Waals surface area contributed by atoms with Crippen LogP contribution in [0.5, 0.6) is 0 Å². The van der Waals surface area contributed by atoms with E-state index in [0.29, 0.717) is 10.9 Å². The van der Waals surface area contributed by atoms with Gasteiger partial charge in [0.15, 0.2) is 5.78 Å². The number of ketones is 1. The van der Waals surface area contributed by atoms with Crippen LogP contribution < -0.4 is 10.4 Å². The van der Waals surface area contributed by atoms with Crippen LogP contribution in [-0.4, -0.2) is 27.2 Å². The molecule has 1 atom stereocenters. The number of nitriles is 1. The first-order chi connectivity index (χ1) is 20.1. The number of fused-ring (bicyclic) bond motifs is 1. The number of nitrogens with zero attached hydrogens (tertiary/aromatic N) is 2. The summed E-state index contributed by atoms with van der Waals surface area (Å²) in [6.45, 7) is 6.29. The Kier molecular flexibility index (Phi) is 8.28. The molecule has 5 rings (SSSR count). The van der Waals surface area contributed by atoms with E-state index in [2.05, 4.69) is 45.0 Å². The van der Waals surface area contributed by atoms with Crippen molar-refractivity contribution < 1.29 is 17.6 Å². The van der Waals surface area contributed by atoms with Crippen LogP contribution in [0.2, 0.25) is 0 Å². The van der Waals surface area contributed by atoms with Crippen molar-refractivity contribution in [3.63, 3.8) is 0 Å². The van der Waals surface area contributed by atoms with Crippen molar-refractivity contribution in [1.82, 2.24) is 3.97 Å². The van der Waals surface area contributed by atoms with E-state index in [-0.39, 0.29) is 16.0 Å². The first-order valence-electron chi connectivity index (χ1n) is 13.6. The third kappa shape index (κ3) is 5.86. The zero-order chi connectivity index (χ0) is 29.9. The van der Waals surface area contributed by atoms with Crippen LogP contribution in [0, 0.1) is 16.7 Å². The predicted molar refractivity (Wildman–Crippen MR) is 167 cm³/mol. The van der Waals surface area contributed by atoms with Crippen LogP contribution in [0.4, 0.5) is 0 Å². The first kappa shape index (κ1) is 29.2. The van der Waals surface area contributed by atoms with Crippen LogP contribution >= 0.6 is 0 Å². The van der Waals surface area contributed by atoms with E-state index in [9.17, 15) is 18.5 Å². The molecule has 0 fully saturated rings. The Morgan fingerprint density at radius 2 is 1.40 bits per heavy atom. The third-order valence-corrected chi connectivity index (χ3v) is 10.9. The van der Waals surface area contributed by atoms with Crippen molar-refractivity contribution in [3.05, 3.63) is 127 Å². The van der Waals surface area contributed by atoms with Crippen molar-refractivity contribution >= 4 is 46.1 Å². The molecule has 0 saturated heterocycles. The zero-order valence-corrected chi connectivity index (χ0v) is 25.5. The number of carbonyl (C=O) groups excluding carboxylic acids is 1. The number of Topliss-reactive ketones (excluding diaryl/α,β-unsaturated/α-hetero) is 1. The highest BCUT2D eigenvalue weighted by Crippen LogP contribution is 2.39. The summed E-state index contributed by atoms with van der Waals surface area (Å²) < 4.78 is 36.1. The molecule has 1 radical (unpaired) electrons. The van der Waals surface area contributed by atoms with E-state index in [0.717, 1.165) is 19.9 Å². The Morgan fingerprint density at radius 3 is 1.93 bits per heavy atom. The van der Waals surface area contributed by atoms with Gasteiger partial charge < -0.3 is 4.43 Å². The lowest BCUT2D eigenvalue weighted by atomic mass is 9.84. The third-order valence-electron chi connectivity index (χ3n) is 6.99. The normalized spacial score (nSPS) is 12.7. The van der Waals surface area contributed by atoms with Crippen LogP contribution in [0.15, 0.2) is 120 Å². The Morgan fingerprint density at radius 1 is 0.857 bits per heavy atom. The lowest BCUT2D eigenvalue weighted by molar-refractivity contribution is 0.0898. The smallest absolute Gasteiger partial charge is 0.283 e. The number of rotatable bonds is 9. The van der Waals surface area contributed by atoms with Crippen molar-refractivity contribution in [2.24, 2.45) is 5.41 Å². The number of hydrogen-bond donors (Lipinski definition) is 0. The van der Waals surface area contributed by atoms with E-state index >= 15 is 0 Å². The second kappa shape index (κ2) is 11.9. The van der Waals surface area contributed by atoms with Gasteiger partial charge in [0, 0.05) is 5.39 Å². The van der Waals surface area contributed by atoms with Gasteiger partial charge in [0.05, 0.1) is 22.6 Å². The highest BCUT2D eigenvalue weighted by atomic mass is 32.2. The van der Waals surface area contributed by atoms with Gasteiger partial charge in [0.1, 0.15) is 12.1 Å². The molecule has 8 heteroatoms. The fourth-order valence-electron chi connectivity index (χ4n) is 5.01. The van der Waals surface area contributed by atoms with Gasteiger partial charge in [-0.2, -0.15) is 5.26 Å². The second-order valence-corrected chi connectivity index (χ2v) is 14.9. The minimum Gasteiger partial charge on any atom is -0.400 e. The SMILES string of the molecule is CC(C)(C)C(O[Si](c1ccccc1)c1ccccc1)c1ccc2cc(C(=O)CC#N)n(S(=O)(=O)c3ccccc3)c2c1. The van der Waals surface area contributed by atoms with Gasteiger partial charge in [-0.25, -0.2) is 12.4 Å². The molecule has 0 amide bonds. The monoisotopic (exact) mass is 591 g/mol. The van der Waals surface area contributed by atoms with Crippen LogP contribution in [0.25, 0.3) is 10.9 Å². The van der Waals surface area contributed by atoms with Crippen LogP contribution in [-0.2, 0) is 14.4 Å². The molecule has 6 nitrogen and oxygen atoms in total. The molecule has 4 aromatic carbocycles. The van der Waals surface area contributed by atoms with Crippen molar-refractivity contribution in [1.29, 1.82) is 5.26 Å². The van der Waals surface area contributed by atoms with Gasteiger partial charge in [-0.15, -0.1) is 0 Å². The lowest BCUT2D eigenvalue weighted by Crippen LogP contribution is -2.47. The van der Waals surface area contributed by atoms with E-state index in [1.54, 1.807) is 24.3 Å². The molecule has 0 aliphatic rings. The molecule has 5 aromatic rings. The Bertz CT molecular complexity index is 1820. The van der Waals surface area contributed by atoms with Crippen molar-refractivity contribution in [2.75, 3.05) is 0 Å². The fourth-order valence-corrected chi connectivity index (χ4v) is 8.88. The summed E-state index contributed by atoms with van der Waals surface area (Å²) in [5.41, 5.74) is 0.761. The van der Waals surface area contributed by atoms with Gasteiger partial charge in [-0.1, -0.05) is 112 Å². The maximum Gasteiger partial charge on any atom is 0.283 e. The second-order valence-electron chi connectivity index (χ2n) is 11.1. The average Bonchev–Trinajstić information content (AvgIpc) is 3.38. The lowest BCUT2D eigenvalue weighted by Gasteiger charge is -2.34. The van der Waals surface area contributed by atoms with E-state index in [1.165, 1.54) is 12.1 Å². The zero-order valence-electron chi connectivity index (χ0n) is 23.7. The molecule has 42 heavy (non-hydrogen) atoms. The summed E-state index contributed by atoms with van der Waals surface area (Å²) in [5.74, 6) is -0.558. The standard InChI is InChI=1S/C34H31N2O4SSi/c1-34(2,3)33(40-42(28-15-9-5-10-16-28)29-17-11-6-12-18-29)26-20-19-25-23-31(32(37)21-22-35)36(30(25)24-26)41(38,39)27-13-7-4-8-14-27/h4-20,23-24,33H,21H2,1-3H3. The number of benzene rings is 4. The highest BCUT2D eigenvalue weighted by Gasteiger charge is 2.34. The molecule has 0 bridgehead atoms. The van der Waals surface area contributed by atoms with Gasteiger partial charge >= 0.3 is 0 Å². The molecular weight excluding hydrogens is 561 g/mol. The minimum absolute atomic E-state index is 0.0425. The topological polar surface area (TPSA) is 89.2 Å². The molecule has 0 aliphatic heterocycles. The van der Waals surface area contributed by atoms with E-state index in [1.807, 2.05) is 60.7 Å². The Labute approximate surface area is 248 Å². The molecule has 0 N–H and O–H groups in total. The molecule has 0 saturated carbocycles. The average molecular weight is 592 g/mol. The largest absolute Gasteiger partial charge is 0.400 e. The Balaban J connectivity index is 1.69. The summed E-state index contributed by atoms with van der Waals surface area (Å²) in [6, 6.07) is 37.3. The number of hydrogen-bond acceptors (Lipinski definition) is 5. The number of aromatic nitrogens is 1.